The van der Waals surface area contributed by atoms with Crippen molar-refractivity contribution >= 4 is 28.2 Å². The smallest absolute Gasteiger partial charge is 0.180 e. The summed E-state index contributed by atoms with van der Waals surface area (Å²) in [4.78, 5) is 6.84. The molecule has 0 amide bonds. The largest absolute Gasteiger partial charge is 0.375 e. The van der Waals surface area contributed by atoms with E-state index in [4.69, 9.17) is 5.73 Å². The van der Waals surface area contributed by atoms with Crippen molar-refractivity contribution < 1.29 is 0 Å². The molecule has 2 N–H and O–H groups in total. The molecule has 1 saturated heterocycles. The molecule has 1 fully saturated rings. The summed E-state index contributed by atoms with van der Waals surface area (Å²) in [6, 6.07) is 0. The Kier molecular flexibility index (Phi) is 4.10. The van der Waals surface area contributed by atoms with Gasteiger partial charge < -0.3 is 10.6 Å². The second-order valence-corrected chi connectivity index (χ2v) is 7.22. The third-order valence-electron chi connectivity index (χ3n) is 2.75. The van der Waals surface area contributed by atoms with Crippen LogP contribution in [-0.4, -0.2) is 40.0 Å². The zero-order chi connectivity index (χ0) is 11.5. The van der Waals surface area contributed by atoms with Gasteiger partial charge in [0.25, 0.3) is 0 Å². The Bertz CT molecular complexity index is 330. The maximum absolute atomic E-state index is 5.62. The van der Waals surface area contributed by atoms with E-state index in [0.717, 1.165) is 29.2 Å². The zero-order valence-corrected chi connectivity index (χ0v) is 11.5. The van der Waals surface area contributed by atoms with Crippen LogP contribution in [0.4, 0.5) is 5.13 Å². The summed E-state index contributed by atoms with van der Waals surface area (Å²) in [6.07, 6.45) is 1.03. The Morgan fingerprint density at radius 2 is 2.12 bits per heavy atom. The zero-order valence-electron chi connectivity index (χ0n) is 9.85. The number of aromatic nitrogens is 1. The van der Waals surface area contributed by atoms with Crippen LogP contribution in [0.1, 0.15) is 19.5 Å². The molecule has 0 aliphatic carbocycles. The maximum Gasteiger partial charge on any atom is 0.180 e. The monoisotopic (exact) mass is 257 g/mol. The second kappa shape index (κ2) is 5.38. The number of anilines is 1. The Hall–Kier alpha value is -0.260. The van der Waals surface area contributed by atoms with Gasteiger partial charge in [0.15, 0.2) is 5.13 Å². The molecule has 16 heavy (non-hydrogen) atoms. The standard InChI is InChI=1S/C11H19N3S2/c1-8-5-14(6-9(2)16-8)4-3-10-7-15-11(12)13-10/h7-9H,3-6H2,1-2H3,(H2,12,13). The van der Waals surface area contributed by atoms with E-state index in [1.807, 2.05) is 0 Å². The SMILES string of the molecule is CC1CN(CCc2csc(N)n2)CC(C)S1. The first-order valence-corrected chi connectivity index (χ1v) is 7.53. The maximum atomic E-state index is 5.62. The van der Waals surface area contributed by atoms with Crippen LogP contribution in [0.25, 0.3) is 0 Å². The van der Waals surface area contributed by atoms with Gasteiger partial charge in [-0.3, -0.25) is 0 Å². The third-order valence-corrected chi connectivity index (χ3v) is 4.70. The van der Waals surface area contributed by atoms with E-state index in [0.29, 0.717) is 5.13 Å². The van der Waals surface area contributed by atoms with Gasteiger partial charge in [-0.05, 0) is 0 Å². The highest BCUT2D eigenvalue weighted by Gasteiger charge is 2.21. The fourth-order valence-corrected chi connectivity index (χ4v) is 4.16. The summed E-state index contributed by atoms with van der Waals surface area (Å²) in [5.41, 5.74) is 6.76. The van der Waals surface area contributed by atoms with E-state index in [1.165, 1.54) is 24.4 Å². The van der Waals surface area contributed by atoms with Gasteiger partial charge in [0.1, 0.15) is 0 Å². The second-order valence-electron chi connectivity index (χ2n) is 4.44. The molecule has 0 saturated carbocycles. The number of hydrogen-bond donors (Lipinski definition) is 1. The molecule has 1 aromatic rings. The minimum atomic E-state index is 0.686. The summed E-state index contributed by atoms with van der Waals surface area (Å²) in [5.74, 6) is 0. The van der Waals surface area contributed by atoms with Crippen molar-refractivity contribution in [2.75, 3.05) is 25.4 Å². The molecule has 1 aliphatic heterocycles. The van der Waals surface area contributed by atoms with Crippen molar-refractivity contribution in [2.24, 2.45) is 0 Å². The van der Waals surface area contributed by atoms with E-state index in [-0.39, 0.29) is 0 Å². The van der Waals surface area contributed by atoms with E-state index < -0.39 is 0 Å². The number of nitrogens with two attached hydrogens (primary N) is 1. The summed E-state index contributed by atoms with van der Waals surface area (Å²) in [6.45, 7) is 8.14. The van der Waals surface area contributed by atoms with E-state index >= 15 is 0 Å². The van der Waals surface area contributed by atoms with Gasteiger partial charge in [0.05, 0.1) is 5.69 Å². The predicted octanol–water partition coefficient (Wildman–Crippen LogP) is 2.09. The average molecular weight is 257 g/mol. The first kappa shape index (κ1) is 12.2. The molecule has 0 radical (unpaired) electrons. The number of hydrogen-bond acceptors (Lipinski definition) is 5. The van der Waals surface area contributed by atoms with Gasteiger partial charge in [0.2, 0.25) is 0 Å². The molecule has 90 valence electrons. The van der Waals surface area contributed by atoms with Crippen molar-refractivity contribution in [3.63, 3.8) is 0 Å². The van der Waals surface area contributed by atoms with Crippen molar-refractivity contribution in [3.05, 3.63) is 11.1 Å². The summed E-state index contributed by atoms with van der Waals surface area (Å²) >= 11 is 3.63. The lowest BCUT2D eigenvalue weighted by molar-refractivity contribution is 0.274. The number of thioether (sulfide) groups is 1. The lowest BCUT2D eigenvalue weighted by atomic mass is 10.2. The molecule has 1 aliphatic rings. The van der Waals surface area contributed by atoms with E-state index in [1.54, 1.807) is 0 Å². The van der Waals surface area contributed by atoms with Gasteiger partial charge in [-0.25, -0.2) is 4.98 Å². The Labute approximate surface area is 105 Å². The lowest BCUT2D eigenvalue weighted by Gasteiger charge is -2.34. The Morgan fingerprint density at radius 1 is 1.44 bits per heavy atom. The van der Waals surface area contributed by atoms with Crippen molar-refractivity contribution in [1.29, 1.82) is 0 Å². The van der Waals surface area contributed by atoms with Crippen LogP contribution < -0.4 is 5.73 Å². The topological polar surface area (TPSA) is 42.1 Å². The summed E-state index contributed by atoms with van der Waals surface area (Å²) < 4.78 is 0. The molecule has 3 nitrogen and oxygen atoms in total. The first-order valence-electron chi connectivity index (χ1n) is 5.71. The molecule has 2 heterocycles. The summed E-state index contributed by atoms with van der Waals surface area (Å²) in [7, 11) is 0. The number of nitrogens with zero attached hydrogens (tertiary/aromatic N) is 2. The number of thiazole rings is 1. The van der Waals surface area contributed by atoms with Crippen molar-refractivity contribution in [1.82, 2.24) is 9.88 Å². The molecule has 0 aromatic carbocycles. The lowest BCUT2D eigenvalue weighted by Crippen LogP contribution is -2.41. The fraction of sp³-hybridized carbons (Fsp3) is 0.727. The molecule has 2 rings (SSSR count). The highest BCUT2D eigenvalue weighted by Crippen LogP contribution is 2.24. The molecular weight excluding hydrogens is 238 g/mol. The van der Waals surface area contributed by atoms with E-state index in [9.17, 15) is 0 Å². The van der Waals surface area contributed by atoms with Crippen LogP contribution in [0, 0.1) is 0 Å². The molecule has 5 heteroatoms. The van der Waals surface area contributed by atoms with Crippen LogP contribution in [0.15, 0.2) is 5.38 Å². The van der Waals surface area contributed by atoms with Crippen LogP contribution in [0.2, 0.25) is 0 Å². The molecule has 2 atom stereocenters. The summed E-state index contributed by atoms with van der Waals surface area (Å²) in [5, 5.41) is 4.26. The van der Waals surface area contributed by atoms with Gasteiger partial charge in [-0.2, -0.15) is 11.8 Å². The molecule has 0 spiro atoms. The minimum absolute atomic E-state index is 0.686. The Balaban J connectivity index is 1.81. The third kappa shape index (κ3) is 3.37. The van der Waals surface area contributed by atoms with Crippen LogP contribution >= 0.6 is 23.1 Å². The quantitative estimate of drug-likeness (QED) is 0.900. The van der Waals surface area contributed by atoms with Crippen molar-refractivity contribution in [3.8, 4) is 0 Å². The number of rotatable bonds is 3. The van der Waals surface area contributed by atoms with Crippen molar-refractivity contribution in [2.45, 2.75) is 30.8 Å². The molecule has 2 unspecified atom stereocenters. The minimum Gasteiger partial charge on any atom is -0.375 e. The van der Waals surface area contributed by atoms with E-state index in [2.05, 4.69) is 40.9 Å². The molecule has 0 bridgehead atoms. The van der Waals surface area contributed by atoms with Gasteiger partial charge in [-0.1, -0.05) is 13.8 Å². The first-order chi connectivity index (χ1) is 7.63. The van der Waals surface area contributed by atoms with Gasteiger partial charge in [0, 0.05) is 41.9 Å². The fourth-order valence-electron chi connectivity index (χ4n) is 2.18. The van der Waals surface area contributed by atoms with Gasteiger partial charge >= 0.3 is 0 Å². The van der Waals surface area contributed by atoms with Crippen LogP contribution in [0.3, 0.4) is 0 Å². The highest BCUT2D eigenvalue weighted by molar-refractivity contribution is 8.00. The van der Waals surface area contributed by atoms with Crippen LogP contribution in [0.5, 0.6) is 0 Å². The number of nitrogen functional groups attached to an aromatic ring is 1. The molecule has 1 aromatic heterocycles. The Morgan fingerprint density at radius 3 is 2.69 bits per heavy atom. The van der Waals surface area contributed by atoms with Gasteiger partial charge in [-0.15, -0.1) is 11.3 Å². The highest BCUT2D eigenvalue weighted by atomic mass is 32.2. The normalized spacial score (nSPS) is 27.1. The average Bonchev–Trinajstić information content (AvgIpc) is 2.60. The molecular formula is C11H19N3S2. The van der Waals surface area contributed by atoms with Crippen LogP contribution in [-0.2, 0) is 6.42 Å². The predicted molar refractivity (Wildman–Crippen MR) is 73.2 cm³/mol.